The number of nitrogens with zero attached hydrogens (tertiary/aromatic N) is 1. The number of rotatable bonds is 4. The number of hydrogen-bond donors (Lipinski definition) is 1. The number of benzene rings is 1. The van der Waals surface area contributed by atoms with E-state index in [1.165, 1.54) is 5.01 Å². The number of thiazole rings is 1. The Morgan fingerprint density at radius 3 is 2.62 bits per heavy atom. The summed E-state index contributed by atoms with van der Waals surface area (Å²) in [6.45, 7) is 5.15. The van der Waals surface area contributed by atoms with Crippen molar-refractivity contribution in [1.29, 1.82) is 0 Å². The van der Waals surface area contributed by atoms with Crippen LogP contribution in [0.5, 0.6) is 0 Å². The third kappa shape index (κ3) is 2.83. The first-order valence-electron chi connectivity index (χ1n) is 5.49. The summed E-state index contributed by atoms with van der Waals surface area (Å²) in [5.74, 6) is 0.524. The summed E-state index contributed by atoms with van der Waals surface area (Å²) in [7, 11) is 0. The highest BCUT2D eigenvalue weighted by Crippen LogP contribution is 2.19. The van der Waals surface area contributed by atoms with E-state index in [0.717, 1.165) is 17.9 Å². The normalized spacial score (nSPS) is 10.7. The van der Waals surface area contributed by atoms with Gasteiger partial charge in [-0.15, -0.1) is 11.3 Å². The van der Waals surface area contributed by atoms with Crippen molar-refractivity contribution in [1.82, 2.24) is 4.98 Å². The van der Waals surface area contributed by atoms with E-state index in [9.17, 15) is 0 Å². The summed E-state index contributed by atoms with van der Waals surface area (Å²) in [5, 5.41) is 6.70. The minimum absolute atomic E-state index is 0.524. The van der Waals surface area contributed by atoms with Gasteiger partial charge in [0.05, 0.1) is 17.2 Å². The van der Waals surface area contributed by atoms with Crippen molar-refractivity contribution in [3.05, 3.63) is 46.4 Å². The van der Waals surface area contributed by atoms with Crippen LogP contribution in [0.3, 0.4) is 0 Å². The Morgan fingerprint density at radius 1 is 1.25 bits per heavy atom. The zero-order chi connectivity index (χ0) is 11.4. The van der Waals surface area contributed by atoms with Gasteiger partial charge in [0.2, 0.25) is 0 Å². The second kappa shape index (κ2) is 5.12. The smallest absolute Gasteiger partial charge is 0.0954 e. The molecule has 2 rings (SSSR count). The summed E-state index contributed by atoms with van der Waals surface area (Å²) in [4.78, 5) is 4.58. The molecule has 1 aromatic heterocycles. The standard InChI is InChI=1S/C13H16N2S/c1-10(2)13-15-12(9-16-13)8-14-11-6-4-3-5-7-11/h3-7,9-10,14H,8H2,1-2H3. The number of aromatic nitrogens is 1. The van der Waals surface area contributed by atoms with Gasteiger partial charge in [-0.2, -0.15) is 0 Å². The minimum Gasteiger partial charge on any atom is -0.379 e. The molecule has 0 fully saturated rings. The molecule has 0 aliphatic carbocycles. The third-order valence-electron chi connectivity index (χ3n) is 2.31. The summed E-state index contributed by atoms with van der Waals surface area (Å²) >= 11 is 1.74. The van der Waals surface area contributed by atoms with Crippen molar-refractivity contribution < 1.29 is 0 Å². The van der Waals surface area contributed by atoms with Crippen molar-refractivity contribution in [2.45, 2.75) is 26.3 Å². The molecule has 1 N–H and O–H groups in total. The van der Waals surface area contributed by atoms with Crippen LogP contribution >= 0.6 is 11.3 Å². The molecule has 0 saturated heterocycles. The lowest BCUT2D eigenvalue weighted by Crippen LogP contribution is -1.99. The fourth-order valence-corrected chi connectivity index (χ4v) is 2.25. The number of para-hydroxylation sites is 1. The zero-order valence-electron chi connectivity index (χ0n) is 9.60. The molecule has 84 valence electrons. The summed E-state index contributed by atoms with van der Waals surface area (Å²) < 4.78 is 0. The molecule has 0 unspecified atom stereocenters. The fourth-order valence-electron chi connectivity index (χ4n) is 1.42. The highest BCUT2D eigenvalue weighted by molar-refractivity contribution is 7.09. The predicted octanol–water partition coefficient (Wildman–Crippen LogP) is 3.88. The minimum atomic E-state index is 0.524. The van der Waals surface area contributed by atoms with Crippen LogP contribution in [-0.2, 0) is 6.54 Å². The first kappa shape index (κ1) is 11.1. The summed E-state index contributed by atoms with van der Waals surface area (Å²) in [5.41, 5.74) is 2.26. The van der Waals surface area contributed by atoms with Crippen molar-refractivity contribution in [3.63, 3.8) is 0 Å². The molecule has 16 heavy (non-hydrogen) atoms. The molecule has 1 aromatic carbocycles. The molecule has 0 aliphatic rings. The van der Waals surface area contributed by atoms with Crippen molar-refractivity contribution in [2.75, 3.05) is 5.32 Å². The Kier molecular flexibility index (Phi) is 3.57. The second-order valence-electron chi connectivity index (χ2n) is 4.05. The van der Waals surface area contributed by atoms with Gasteiger partial charge < -0.3 is 5.32 Å². The van der Waals surface area contributed by atoms with Gasteiger partial charge in [-0.25, -0.2) is 4.98 Å². The molecule has 1 heterocycles. The lowest BCUT2D eigenvalue weighted by molar-refractivity contribution is 0.841. The Morgan fingerprint density at radius 2 is 2.00 bits per heavy atom. The SMILES string of the molecule is CC(C)c1nc(CNc2ccccc2)cs1. The molecule has 0 amide bonds. The van der Waals surface area contributed by atoms with Crippen LogP contribution < -0.4 is 5.32 Å². The quantitative estimate of drug-likeness (QED) is 0.865. The van der Waals surface area contributed by atoms with Crippen LogP contribution in [0, 0.1) is 0 Å². The van der Waals surface area contributed by atoms with E-state index in [-0.39, 0.29) is 0 Å². The van der Waals surface area contributed by atoms with Gasteiger partial charge >= 0.3 is 0 Å². The summed E-state index contributed by atoms with van der Waals surface area (Å²) in [6, 6.07) is 10.2. The molecule has 3 heteroatoms. The topological polar surface area (TPSA) is 24.9 Å². The molecule has 0 saturated carbocycles. The maximum atomic E-state index is 4.58. The van der Waals surface area contributed by atoms with Gasteiger partial charge in [0.15, 0.2) is 0 Å². The van der Waals surface area contributed by atoms with Crippen LogP contribution in [-0.4, -0.2) is 4.98 Å². The van der Waals surface area contributed by atoms with E-state index in [4.69, 9.17) is 0 Å². The number of hydrogen-bond acceptors (Lipinski definition) is 3. The van der Waals surface area contributed by atoms with Crippen LogP contribution in [0.25, 0.3) is 0 Å². The second-order valence-corrected chi connectivity index (χ2v) is 4.94. The lowest BCUT2D eigenvalue weighted by Gasteiger charge is -2.03. The molecular formula is C13H16N2S. The van der Waals surface area contributed by atoms with Gasteiger partial charge in [0, 0.05) is 17.0 Å². The largest absolute Gasteiger partial charge is 0.379 e. The van der Waals surface area contributed by atoms with E-state index < -0.39 is 0 Å². The molecule has 0 atom stereocenters. The van der Waals surface area contributed by atoms with Gasteiger partial charge in [0.25, 0.3) is 0 Å². The van der Waals surface area contributed by atoms with Crippen LogP contribution in [0.4, 0.5) is 5.69 Å². The van der Waals surface area contributed by atoms with E-state index in [0.29, 0.717) is 5.92 Å². The van der Waals surface area contributed by atoms with Gasteiger partial charge in [-0.05, 0) is 12.1 Å². The van der Waals surface area contributed by atoms with E-state index in [1.54, 1.807) is 11.3 Å². The Hall–Kier alpha value is -1.35. The van der Waals surface area contributed by atoms with Gasteiger partial charge in [0.1, 0.15) is 0 Å². The van der Waals surface area contributed by atoms with E-state index in [1.807, 2.05) is 18.2 Å². The number of nitrogens with one attached hydrogen (secondary N) is 1. The Balaban J connectivity index is 1.95. The van der Waals surface area contributed by atoms with Crippen molar-refractivity contribution in [3.8, 4) is 0 Å². The molecule has 2 aromatic rings. The zero-order valence-corrected chi connectivity index (χ0v) is 10.4. The monoisotopic (exact) mass is 232 g/mol. The molecule has 0 bridgehead atoms. The molecule has 0 spiro atoms. The predicted molar refractivity (Wildman–Crippen MR) is 70.0 cm³/mol. The molecule has 2 nitrogen and oxygen atoms in total. The summed E-state index contributed by atoms with van der Waals surface area (Å²) in [6.07, 6.45) is 0. The first-order valence-corrected chi connectivity index (χ1v) is 6.37. The molecule has 0 aliphatic heterocycles. The highest BCUT2D eigenvalue weighted by atomic mass is 32.1. The molecular weight excluding hydrogens is 216 g/mol. The average Bonchev–Trinajstić information content (AvgIpc) is 2.76. The van der Waals surface area contributed by atoms with Crippen LogP contribution in [0.15, 0.2) is 35.7 Å². The van der Waals surface area contributed by atoms with E-state index in [2.05, 4.69) is 41.7 Å². The maximum absolute atomic E-state index is 4.58. The Labute approximate surface area is 100 Å². The maximum Gasteiger partial charge on any atom is 0.0954 e. The van der Waals surface area contributed by atoms with Crippen LogP contribution in [0.1, 0.15) is 30.5 Å². The molecule has 0 radical (unpaired) electrons. The lowest BCUT2D eigenvalue weighted by atomic mass is 10.2. The van der Waals surface area contributed by atoms with Crippen LogP contribution in [0.2, 0.25) is 0 Å². The van der Waals surface area contributed by atoms with Crippen molar-refractivity contribution in [2.24, 2.45) is 0 Å². The van der Waals surface area contributed by atoms with Gasteiger partial charge in [-0.1, -0.05) is 32.0 Å². The number of anilines is 1. The van der Waals surface area contributed by atoms with E-state index >= 15 is 0 Å². The average molecular weight is 232 g/mol. The highest BCUT2D eigenvalue weighted by Gasteiger charge is 2.05. The first-order chi connectivity index (χ1) is 7.75. The Bertz CT molecular complexity index is 434. The van der Waals surface area contributed by atoms with Gasteiger partial charge in [-0.3, -0.25) is 0 Å². The third-order valence-corrected chi connectivity index (χ3v) is 3.50. The fraction of sp³-hybridized carbons (Fsp3) is 0.308. The van der Waals surface area contributed by atoms with Crippen molar-refractivity contribution >= 4 is 17.0 Å².